The number of phenolic OH excluding ortho intramolecular Hbond substituents is 1. The van der Waals surface area contributed by atoms with Gasteiger partial charge in [-0.25, -0.2) is 4.79 Å². The van der Waals surface area contributed by atoms with Gasteiger partial charge in [-0.3, -0.25) is 0 Å². The summed E-state index contributed by atoms with van der Waals surface area (Å²) < 4.78 is 38.7. The number of rotatable bonds is 10. The summed E-state index contributed by atoms with van der Waals surface area (Å²) in [6, 6.07) is 8.72. The highest BCUT2D eigenvalue weighted by Crippen LogP contribution is 2.41. The van der Waals surface area contributed by atoms with Crippen molar-refractivity contribution in [3.05, 3.63) is 46.8 Å². The zero-order valence-electron chi connectivity index (χ0n) is 24.6. The summed E-state index contributed by atoms with van der Waals surface area (Å²) in [6.45, 7) is 1.78. The molecule has 2 aliphatic rings. The van der Waals surface area contributed by atoms with Crippen molar-refractivity contribution in [2.45, 2.75) is 68.7 Å². The van der Waals surface area contributed by atoms with E-state index in [1.54, 1.807) is 12.1 Å². The minimum absolute atomic E-state index is 0.0354. The van der Waals surface area contributed by atoms with Crippen molar-refractivity contribution in [2.24, 2.45) is 0 Å². The lowest BCUT2D eigenvalue weighted by Gasteiger charge is -2.40. The summed E-state index contributed by atoms with van der Waals surface area (Å²) in [7, 11) is 1.38. The van der Waals surface area contributed by atoms with Crippen molar-refractivity contribution in [2.75, 3.05) is 26.9 Å². The number of aliphatic hydroxyl groups is 6. The predicted octanol–water partition coefficient (Wildman–Crippen LogP) is -0.395. The number of methoxy groups -OCH3 is 1. The summed E-state index contributed by atoms with van der Waals surface area (Å²) in [6.07, 6.45) is -11.2. The van der Waals surface area contributed by atoms with E-state index < -0.39 is 74.1 Å². The highest BCUT2D eigenvalue weighted by atomic mass is 16.7. The first-order valence-electron chi connectivity index (χ1n) is 14.1. The van der Waals surface area contributed by atoms with Gasteiger partial charge in [-0.1, -0.05) is 6.07 Å². The Bertz CT molecular complexity index is 1550. The van der Waals surface area contributed by atoms with E-state index in [1.165, 1.54) is 31.4 Å². The minimum Gasteiger partial charge on any atom is -0.504 e. The van der Waals surface area contributed by atoms with Crippen molar-refractivity contribution in [3.8, 4) is 34.1 Å². The molecule has 2 fully saturated rings. The number of aliphatic hydroxyl groups excluding tert-OH is 5. The number of phenols is 1. The van der Waals surface area contributed by atoms with Crippen LogP contribution in [0.4, 0.5) is 0 Å². The van der Waals surface area contributed by atoms with Crippen LogP contribution in [0.5, 0.6) is 23.0 Å². The third kappa shape index (κ3) is 6.58. The molecule has 7 N–H and O–H groups in total. The zero-order chi connectivity index (χ0) is 32.6. The van der Waals surface area contributed by atoms with Gasteiger partial charge in [0.05, 0.1) is 38.4 Å². The van der Waals surface area contributed by atoms with Crippen LogP contribution in [-0.4, -0.2) is 117 Å². The zero-order valence-corrected chi connectivity index (χ0v) is 24.6. The molecule has 15 heteroatoms. The molecule has 2 aromatic carbocycles. The van der Waals surface area contributed by atoms with Crippen LogP contribution in [0.25, 0.3) is 22.1 Å². The highest BCUT2D eigenvalue weighted by molar-refractivity contribution is 5.99. The molecule has 3 unspecified atom stereocenters. The Morgan fingerprint density at radius 3 is 2.42 bits per heavy atom. The number of hydrogen-bond acceptors (Lipinski definition) is 15. The average Bonchev–Trinajstić information content (AvgIpc) is 3.28. The second kappa shape index (κ2) is 13.1. The van der Waals surface area contributed by atoms with Crippen LogP contribution in [0.15, 0.2) is 45.6 Å². The van der Waals surface area contributed by atoms with Gasteiger partial charge in [0.15, 0.2) is 17.8 Å². The lowest BCUT2D eigenvalue weighted by Crippen LogP contribution is -2.60. The van der Waals surface area contributed by atoms with Crippen LogP contribution in [0.3, 0.4) is 0 Å². The van der Waals surface area contributed by atoms with Crippen LogP contribution in [-0.2, 0) is 14.2 Å². The van der Waals surface area contributed by atoms with Crippen molar-refractivity contribution in [1.82, 2.24) is 0 Å². The van der Waals surface area contributed by atoms with E-state index >= 15 is 0 Å². The molecule has 0 spiro atoms. The third-order valence-electron chi connectivity index (χ3n) is 7.54. The maximum Gasteiger partial charge on any atom is 0.336 e. The second-order valence-corrected chi connectivity index (χ2v) is 11.2. The predicted molar refractivity (Wildman–Crippen MR) is 153 cm³/mol. The van der Waals surface area contributed by atoms with Crippen molar-refractivity contribution in [1.29, 1.82) is 0 Å². The molecule has 2 saturated heterocycles. The number of aromatic hydroxyl groups is 1. The number of ether oxygens (including phenoxy) is 6. The molecule has 246 valence electrons. The van der Waals surface area contributed by atoms with Crippen molar-refractivity contribution in [3.63, 3.8) is 0 Å². The van der Waals surface area contributed by atoms with Gasteiger partial charge in [-0.15, -0.1) is 0 Å². The molecule has 8 atom stereocenters. The second-order valence-electron chi connectivity index (χ2n) is 11.2. The molecule has 15 nitrogen and oxygen atoms in total. The lowest BCUT2D eigenvalue weighted by atomic mass is 9.98. The molecule has 3 heterocycles. The Morgan fingerprint density at radius 2 is 1.76 bits per heavy atom. The molecule has 5 rings (SSSR count). The smallest absolute Gasteiger partial charge is 0.336 e. The molecular weight excluding hydrogens is 600 g/mol. The number of benzene rings is 2. The first kappa shape index (κ1) is 32.9. The maximum atomic E-state index is 12.6. The van der Waals surface area contributed by atoms with E-state index in [2.05, 4.69) is 0 Å². The standard InChI is InChI=1S/C30H36O15/c1-13(2)42-18-5-4-14(6-17(18)32)16-9-22(33)43-19-7-15(39-3)8-20(23(16)19)44-29-27(37)30(38,12-41-29)11-40-28-26(36)25(35)24(34)21(10-31)45-28/h4-9,13,21,24-29,31-32,34-38H,10-12H2,1-3H3/t21?,24-,25+,26?,27-,28-,29+,30?/m1/s1. The summed E-state index contributed by atoms with van der Waals surface area (Å²) in [4.78, 5) is 12.6. The molecule has 3 aromatic rings. The van der Waals surface area contributed by atoms with E-state index in [0.717, 1.165) is 0 Å². The fourth-order valence-corrected chi connectivity index (χ4v) is 5.16. The summed E-state index contributed by atoms with van der Waals surface area (Å²) in [5, 5.41) is 72.7. The molecular formula is C30H36O15. The Morgan fingerprint density at radius 1 is 1.00 bits per heavy atom. The van der Waals surface area contributed by atoms with E-state index in [0.29, 0.717) is 11.1 Å². The van der Waals surface area contributed by atoms with Crippen molar-refractivity contribution >= 4 is 11.0 Å². The van der Waals surface area contributed by atoms with Crippen LogP contribution < -0.4 is 19.8 Å². The molecule has 0 bridgehead atoms. The number of hydrogen-bond donors (Lipinski definition) is 7. The van der Waals surface area contributed by atoms with Gasteiger partial charge >= 0.3 is 5.63 Å². The largest absolute Gasteiger partial charge is 0.504 e. The van der Waals surface area contributed by atoms with Gasteiger partial charge in [0, 0.05) is 23.8 Å². The topological polar surface area (TPSA) is 227 Å². The van der Waals surface area contributed by atoms with Gasteiger partial charge < -0.3 is 68.6 Å². The van der Waals surface area contributed by atoms with Gasteiger partial charge in [0.2, 0.25) is 6.29 Å². The van der Waals surface area contributed by atoms with Gasteiger partial charge in [-0.05, 0) is 31.5 Å². The Balaban J connectivity index is 1.42. The lowest BCUT2D eigenvalue weighted by molar-refractivity contribution is -0.310. The highest BCUT2D eigenvalue weighted by Gasteiger charge is 2.52. The summed E-state index contributed by atoms with van der Waals surface area (Å²) >= 11 is 0. The molecule has 0 aliphatic carbocycles. The Labute approximate surface area is 256 Å². The van der Waals surface area contributed by atoms with Crippen LogP contribution in [0.2, 0.25) is 0 Å². The minimum atomic E-state index is -2.09. The van der Waals surface area contributed by atoms with E-state index in [-0.39, 0.29) is 40.1 Å². The number of fused-ring (bicyclic) bond motifs is 1. The molecule has 45 heavy (non-hydrogen) atoms. The third-order valence-corrected chi connectivity index (χ3v) is 7.54. The van der Waals surface area contributed by atoms with Crippen molar-refractivity contribution < 1.29 is 68.6 Å². The molecule has 0 amide bonds. The summed E-state index contributed by atoms with van der Waals surface area (Å²) in [5.41, 5.74) is -2.02. The van der Waals surface area contributed by atoms with E-state index in [4.69, 9.17) is 32.8 Å². The van der Waals surface area contributed by atoms with Crippen LogP contribution >= 0.6 is 0 Å². The molecule has 2 aliphatic heterocycles. The van der Waals surface area contributed by atoms with E-state index in [9.17, 15) is 40.5 Å². The fraction of sp³-hybridized carbons (Fsp3) is 0.500. The normalized spacial score (nSPS) is 30.1. The first-order chi connectivity index (χ1) is 21.3. The van der Waals surface area contributed by atoms with Crippen LogP contribution in [0.1, 0.15) is 13.8 Å². The summed E-state index contributed by atoms with van der Waals surface area (Å²) in [5.74, 6) is 0.340. The average molecular weight is 637 g/mol. The monoisotopic (exact) mass is 636 g/mol. The first-order valence-corrected chi connectivity index (χ1v) is 14.1. The van der Waals surface area contributed by atoms with Gasteiger partial charge in [0.1, 0.15) is 53.2 Å². The SMILES string of the molecule is COc1cc(O[C@@H]2OCC(O)(CO[C@@H]3OC(CO)[C@@H](O)[C@H](O)C3O)[C@@H]2O)c2c(-c3ccc(OC(C)C)c(O)c3)cc(=O)oc2c1. The van der Waals surface area contributed by atoms with Gasteiger partial charge in [0.25, 0.3) is 0 Å². The van der Waals surface area contributed by atoms with Crippen LogP contribution in [0, 0.1) is 0 Å². The Kier molecular flexibility index (Phi) is 9.55. The molecule has 1 aromatic heterocycles. The van der Waals surface area contributed by atoms with E-state index in [1.807, 2.05) is 13.8 Å². The fourth-order valence-electron chi connectivity index (χ4n) is 5.16. The maximum absolute atomic E-state index is 12.6. The molecule has 0 radical (unpaired) electrons. The quantitative estimate of drug-likeness (QED) is 0.141. The van der Waals surface area contributed by atoms with Gasteiger partial charge in [-0.2, -0.15) is 0 Å². The molecule has 0 saturated carbocycles. The Hall–Kier alpha value is -3.51.